The molecule has 1 aliphatic heterocycles. The fourth-order valence-electron chi connectivity index (χ4n) is 4.96. The summed E-state index contributed by atoms with van der Waals surface area (Å²) >= 11 is 0. The Labute approximate surface area is 180 Å². The van der Waals surface area contributed by atoms with Gasteiger partial charge in [0.25, 0.3) is 5.91 Å². The highest BCUT2D eigenvalue weighted by molar-refractivity contribution is 6.06. The van der Waals surface area contributed by atoms with E-state index in [0.717, 1.165) is 18.9 Å². The molecule has 4 rings (SSSR count). The van der Waals surface area contributed by atoms with E-state index in [1.54, 1.807) is 0 Å². The molecule has 1 amide bonds. The Kier molecular flexibility index (Phi) is 6.23. The third-order valence-electron chi connectivity index (χ3n) is 6.48. The maximum Gasteiger partial charge on any atom is 0.573 e. The molecular formula is C24H27F3N2O2. The van der Waals surface area contributed by atoms with Gasteiger partial charge in [0.2, 0.25) is 0 Å². The number of anilines is 1. The van der Waals surface area contributed by atoms with Gasteiger partial charge in [-0.2, -0.15) is 0 Å². The topological polar surface area (TPSA) is 41.6 Å². The number of hydrogen-bond donors (Lipinski definition) is 1. The molecule has 0 radical (unpaired) electrons. The van der Waals surface area contributed by atoms with E-state index in [-0.39, 0.29) is 5.56 Å². The van der Waals surface area contributed by atoms with Crippen LogP contribution < -0.4 is 10.1 Å². The second-order valence-corrected chi connectivity index (χ2v) is 8.51. The molecule has 166 valence electrons. The van der Waals surface area contributed by atoms with E-state index in [1.807, 2.05) is 24.3 Å². The number of para-hydroxylation sites is 1. The number of alkyl halides is 3. The first kappa shape index (κ1) is 21.7. The Morgan fingerprint density at radius 2 is 1.81 bits per heavy atom. The van der Waals surface area contributed by atoms with E-state index in [1.165, 1.54) is 49.6 Å². The summed E-state index contributed by atoms with van der Waals surface area (Å²) < 4.78 is 41.8. The number of hydrogen-bond acceptors (Lipinski definition) is 3. The van der Waals surface area contributed by atoms with Crippen LogP contribution in [0.5, 0.6) is 5.75 Å². The summed E-state index contributed by atoms with van der Waals surface area (Å²) in [6.07, 6.45) is 1.23. The zero-order valence-corrected chi connectivity index (χ0v) is 17.5. The molecule has 1 N–H and O–H groups in total. The van der Waals surface area contributed by atoms with Gasteiger partial charge in [-0.05, 0) is 81.3 Å². The minimum absolute atomic E-state index is 0.165. The first-order chi connectivity index (χ1) is 14.8. The smallest absolute Gasteiger partial charge is 0.405 e. The van der Waals surface area contributed by atoms with E-state index in [2.05, 4.69) is 21.9 Å². The first-order valence-corrected chi connectivity index (χ1v) is 10.8. The molecule has 0 bridgehead atoms. The fraction of sp³-hybridized carbons (Fsp3) is 0.458. The highest BCUT2D eigenvalue weighted by Gasteiger charge is 2.34. The molecule has 7 heteroatoms. The Morgan fingerprint density at radius 1 is 1.06 bits per heavy atom. The number of halogens is 3. The summed E-state index contributed by atoms with van der Waals surface area (Å²) in [4.78, 5) is 15.2. The lowest BCUT2D eigenvalue weighted by molar-refractivity contribution is -0.274. The summed E-state index contributed by atoms with van der Waals surface area (Å²) in [5.74, 6) is -0.655. The predicted octanol–water partition coefficient (Wildman–Crippen LogP) is 5.96. The van der Waals surface area contributed by atoms with Gasteiger partial charge in [0, 0.05) is 17.8 Å². The lowest BCUT2D eigenvalue weighted by Crippen LogP contribution is -2.35. The van der Waals surface area contributed by atoms with Gasteiger partial charge in [0.15, 0.2) is 0 Å². The maximum absolute atomic E-state index is 12.6. The molecule has 1 unspecified atom stereocenters. The van der Waals surface area contributed by atoms with Crippen molar-refractivity contribution in [1.82, 2.24) is 4.90 Å². The fourth-order valence-corrected chi connectivity index (χ4v) is 4.96. The molecule has 2 fully saturated rings. The molecule has 1 saturated heterocycles. The Bertz CT molecular complexity index is 914. The van der Waals surface area contributed by atoms with E-state index in [0.29, 0.717) is 23.7 Å². The predicted molar refractivity (Wildman–Crippen MR) is 113 cm³/mol. The summed E-state index contributed by atoms with van der Waals surface area (Å²) in [6.45, 7) is 3.51. The third kappa shape index (κ3) is 5.21. The number of likely N-dealkylation sites (tertiary alicyclic amines) is 1. The lowest BCUT2D eigenvalue weighted by Gasteiger charge is -2.28. The number of benzene rings is 2. The summed E-state index contributed by atoms with van der Waals surface area (Å²) in [6, 6.07) is 14.3. The Hall–Kier alpha value is -2.54. The average molecular weight is 432 g/mol. The molecule has 2 aromatic rings. The van der Waals surface area contributed by atoms with Crippen LogP contribution in [0.3, 0.4) is 0 Å². The molecule has 1 heterocycles. The van der Waals surface area contributed by atoms with Crippen molar-refractivity contribution in [2.24, 2.45) is 0 Å². The number of carbonyl (C=O) groups excluding carboxylic acids is 1. The maximum atomic E-state index is 12.6. The monoisotopic (exact) mass is 432 g/mol. The molecule has 1 saturated carbocycles. The summed E-state index contributed by atoms with van der Waals surface area (Å²) in [7, 11) is 0. The van der Waals surface area contributed by atoms with E-state index < -0.39 is 18.0 Å². The van der Waals surface area contributed by atoms with Gasteiger partial charge in [-0.15, -0.1) is 13.2 Å². The van der Waals surface area contributed by atoms with Gasteiger partial charge in [0.05, 0.1) is 5.56 Å². The number of ether oxygens (including phenoxy) is 1. The van der Waals surface area contributed by atoms with Crippen molar-refractivity contribution in [3.8, 4) is 5.75 Å². The number of nitrogens with one attached hydrogen (secondary N) is 1. The van der Waals surface area contributed by atoms with Crippen molar-refractivity contribution >= 4 is 11.6 Å². The third-order valence-corrected chi connectivity index (χ3v) is 6.48. The number of carbonyl (C=O) groups is 1. The van der Waals surface area contributed by atoms with Gasteiger partial charge in [-0.25, -0.2) is 0 Å². The standard InChI is InChI=1S/C24H27F3N2O2/c1-16-5-4-14-29(16)20-13-10-18(15-20)17-8-11-19(12-9-17)28-23(30)21-6-2-3-7-22(21)31-24(25,26)27/h2-3,6-9,11-12,16,18,20H,4-5,10,13-15H2,1H3,(H,28,30)/t16-,18?,20-/m0/s1. The van der Waals surface area contributed by atoms with Crippen LogP contribution in [-0.2, 0) is 0 Å². The van der Waals surface area contributed by atoms with Gasteiger partial charge in [-0.3, -0.25) is 9.69 Å². The largest absolute Gasteiger partial charge is 0.573 e. The molecule has 1 aliphatic carbocycles. The van der Waals surface area contributed by atoms with Crippen molar-refractivity contribution in [3.05, 3.63) is 59.7 Å². The molecule has 2 aliphatic rings. The first-order valence-electron chi connectivity index (χ1n) is 10.8. The lowest BCUT2D eigenvalue weighted by atomic mass is 9.97. The minimum Gasteiger partial charge on any atom is -0.405 e. The molecule has 4 nitrogen and oxygen atoms in total. The van der Waals surface area contributed by atoms with Gasteiger partial charge in [-0.1, -0.05) is 24.3 Å². The van der Waals surface area contributed by atoms with Gasteiger partial charge < -0.3 is 10.1 Å². The Balaban J connectivity index is 1.39. The Morgan fingerprint density at radius 3 is 2.48 bits per heavy atom. The van der Waals surface area contributed by atoms with Crippen LogP contribution in [0.4, 0.5) is 18.9 Å². The molecule has 31 heavy (non-hydrogen) atoms. The van der Waals surface area contributed by atoms with Crippen LogP contribution in [0.15, 0.2) is 48.5 Å². The van der Waals surface area contributed by atoms with Crippen LogP contribution in [-0.4, -0.2) is 35.8 Å². The van der Waals surface area contributed by atoms with Crippen molar-refractivity contribution < 1.29 is 22.7 Å². The second-order valence-electron chi connectivity index (χ2n) is 8.51. The van der Waals surface area contributed by atoms with E-state index >= 15 is 0 Å². The second kappa shape index (κ2) is 8.91. The van der Waals surface area contributed by atoms with Crippen molar-refractivity contribution in [3.63, 3.8) is 0 Å². The zero-order valence-electron chi connectivity index (χ0n) is 17.5. The highest BCUT2D eigenvalue weighted by atomic mass is 19.4. The zero-order chi connectivity index (χ0) is 22.0. The van der Waals surface area contributed by atoms with Crippen LogP contribution in [0.2, 0.25) is 0 Å². The van der Waals surface area contributed by atoms with Crippen LogP contribution in [0, 0.1) is 0 Å². The highest BCUT2D eigenvalue weighted by Crippen LogP contribution is 2.39. The molecule has 0 aromatic heterocycles. The number of nitrogens with zero attached hydrogens (tertiary/aromatic N) is 1. The van der Waals surface area contributed by atoms with Gasteiger partial charge >= 0.3 is 6.36 Å². The summed E-state index contributed by atoms with van der Waals surface area (Å²) in [5, 5.41) is 2.67. The van der Waals surface area contributed by atoms with Crippen molar-refractivity contribution in [1.29, 1.82) is 0 Å². The minimum atomic E-state index is -4.86. The van der Waals surface area contributed by atoms with E-state index in [9.17, 15) is 18.0 Å². The SMILES string of the molecule is C[C@H]1CCCN1[C@H]1CCC(c2ccc(NC(=O)c3ccccc3OC(F)(F)F)cc2)C1. The molecule has 3 atom stereocenters. The van der Waals surface area contributed by atoms with E-state index in [4.69, 9.17) is 0 Å². The average Bonchev–Trinajstić information content (AvgIpc) is 3.36. The van der Waals surface area contributed by atoms with Crippen LogP contribution in [0.25, 0.3) is 0 Å². The van der Waals surface area contributed by atoms with Crippen LogP contribution in [0.1, 0.15) is 60.9 Å². The van der Waals surface area contributed by atoms with Crippen molar-refractivity contribution in [2.75, 3.05) is 11.9 Å². The van der Waals surface area contributed by atoms with Crippen LogP contribution >= 0.6 is 0 Å². The molecular weight excluding hydrogens is 405 g/mol. The molecule has 0 spiro atoms. The van der Waals surface area contributed by atoms with Gasteiger partial charge in [0.1, 0.15) is 5.75 Å². The summed E-state index contributed by atoms with van der Waals surface area (Å²) in [5.41, 5.74) is 1.62. The number of amides is 1. The van der Waals surface area contributed by atoms with Crippen molar-refractivity contribution in [2.45, 2.75) is 63.4 Å². The molecule has 2 aromatic carbocycles. The quantitative estimate of drug-likeness (QED) is 0.634. The normalized spacial score (nSPS) is 24.3. The number of rotatable bonds is 5.